The molecule has 3 rings (SSSR count). The van der Waals surface area contributed by atoms with Crippen molar-refractivity contribution < 1.29 is 27.6 Å². The Hall–Kier alpha value is -3.04. The number of hydroxylamine groups is 2. The van der Waals surface area contributed by atoms with E-state index in [0.717, 1.165) is 15.4 Å². The van der Waals surface area contributed by atoms with Crippen LogP contribution in [0.5, 0.6) is 0 Å². The van der Waals surface area contributed by atoms with Gasteiger partial charge in [0, 0.05) is 7.05 Å². The molecule has 1 aliphatic rings. The summed E-state index contributed by atoms with van der Waals surface area (Å²) in [6.45, 7) is 2.97. The summed E-state index contributed by atoms with van der Waals surface area (Å²) in [4.78, 5) is 41.5. The van der Waals surface area contributed by atoms with Crippen LogP contribution < -0.4 is 0 Å². The second-order valence-electron chi connectivity index (χ2n) is 6.42. The molecule has 146 valence electrons. The Kier molecular flexibility index (Phi) is 5.05. The van der Waals surface area contributed by atoms with Crippen molar-refractivity contribution in [2.24, 2.45) is 0 Å². The maximum absolute atomic E-state index is 12.6. The zero-order chi connectivity index (χ0) is 20.6. The van der Waals surface area contributed by atoms with E-state index in [4.69, 9.17) is 4.84 Å². The first kappa shape index (κ1) is 19.7. The number of amides is 2. The van der Waals surface area contributed by atoms with Crippen LogP contribution in [-0.2, 0) is 19.7 Å². The van der Waals surface area contributed by atoms with Gasteiger partial charge >= 0.3 is 5.97 Å². The van der Waals surface area contributed by atoms with E-state index in [2.05, 4.69) is 0 Å². The quantitative estimate of drug-likeness (QED) is 0.706. The molecule has 0 atom stereocenters. The molecule has 2 aromatic carbocycles. The Bertz CT molecular complexity index is 1060. The van der Waals surface area contributed by atoms with Gasteiger partial charge in [0.2, 0.25) is 10.0 Å². The van der Waals surface area contributed by atoms with Crippen molar-refractivity contribution in [3.05, 3.63) is 64.7 Å². The van der Waals surface area contributed by atoms with Crippen LogP contribution in [0, 0.1) is 13.8 Å². The molecule has 0 spiro atoms. The van der Waals surface area contributed by atoms with Gasteiger partial charge in [-0.2, -0.15) is 4.31 Å². The largest absolute Gasteiger partial charge is 0.348 e. The zero-order valence-corrected chi connectivity index (χ0v) is 16.3. The Morgan fingerprint density at radius 3 is 2.11 bits per heavy atom. The number of hydrogen-bond acceptors (Lipinski definition) is 6. The highest BCUT2D eigenvalue weighted by atomic mass is 32.2. The van der Waals surface area contributed by atoms with Gasteiger partial charge in [0.05, 0.1) is 16.0 Å². The molecule has 0 bridgehead atoms. The lowest BCUT2D eigenvalue weighted by atomic mass is 10.1. The van der Waals surface area contributed by atoms with Gasteiger partial charge in [-0.3, -0.25) is 9.59 Å². The summed E-state index contributed by atoms with van der Waals surface area (Å²) in [5.41, 5.74) is 1.97. The van der Waals surface area contributed by atoms with Crippen molar-refractivity contribution in [1.82, 2.24) is 9.37 Å². The summed E-state index contributed by atoms with van der Waals surface area (Å²) in [7, 11) is -2.73. The maximum atomic E-state index is 12.6. The molecule has 8 nitrogen and oxygen atoms in total. The highest BCUT2D eigenvalue weighted by Gasteiger charge is 2.39. The van der Waals surface area contributed by atoms with Gasteiger partial charge in [0.1, 0.15) is 6.54 Å². The summed E-state index contributed by atoms with van der Waals surface area (Å²) in [6, 6.07) is 10.7. The first-order chi connectivity index (χ1) is 13.1. The minimum absolute atomic E-state index is 0.0339. The third kappa shape index (κ3) is 3.41. The smallest absolute Gasteiger partial charge is 0.328 e. The van der Waals surface area contributed by atoms with E-state index in [1.54, 1.807) is 25.1 Å². The van der Waals surface area contributed by atoms with Crippen LogP contribution in [0.3, 0.4) is 0 Å². The highest BCUT2D eigenvalue weighted by Crippen LogP contribution is 2.23. The molecule has 2 aromatic rings. The average Bonchev–Trinajstić information content (AvgIpc) is 2.89. The standard InChI is InChI=1S/C19H18N2O6S/c1-12-8-9-14(10-13(12)2)28(25,26)20(3)11-17(22)27-21-18(23)15-6-4-5-7-16(15)19(21)24/h4-10H,11H2,1-3H3. The molecule has 0 aromatic heterocycles. The minimum Gasteiger partial charge on any atom is -0.328 e. The van der Waals surface area contributed by atoms with Gasteiger partial charge in [-0.1, -0.05) is 23.3 Å². The van der Waals surface area contributed by atoms with Crippen LogP contribution in [0.25, 0.3) is 0 Å². The molecule has 1 heterocycles. The van der Waals surface area contributed by atoms with E-state index in [0.29, 0.717) is 5.06 Å². The van der Waals surface area contributed by atoms with E-state index >= 15 is 0 Å². The fourth-order valence-corrected chi connectivity index (χ4v) is 3.90. The van der Waals surface area contributed by atoms with Crippen molar-refractivity contribution in [2.45, 2.75) is 18.7 Å². The monoisotopic (exact) mass is 402 g/mol. The Balaban J connectivity index is 1.72. The number of nitrogens with zero attached hydrogens (tertiary/aromatic N) is 2. The molecule has 0 radical (unpaired) electrons. The Labute approximate surface area is 162 Å². The van der Waals surface area contributed by atoms with Gasteiger partial charge < -0.3 is 4.84 Å². The average molecular weight is 402 g/mol. The lowest BCUT2D eigenvalue weighted by Crippen LogP contribution is -2.38. The summed E-state index contributed by atoms with van der Waals surface area (Å²) < 4.78 is 26.1. The third-order valence-electron chi connectivity index (χ3n) is 4.49. The molecule has 0 aliphatic carbocycles. The van der Waals surface area contributed by atoms with Gasteiger partial charge in [0.15, 0.2) is 0 Å². The minimum atomic E-state index is -3.94. The normalized spacial score (nSPS) is 13.8. The van der Waals surface area contributed by atoms with Gasteiger partial charge in [-0.15, -0.1) is 0 Å². The van der Waals surface area contributed by atoms with Crippen LogP contribution in [0.4, 0.5) is 0 Å². The molecule has 0 saturated carbocycles. The topological polar surface area (TPSA) is 101 Å². The highest BCUT2D eigenvalue weighted by molar-refractivity contribution is 7.89. The summed E-state index contributed by atoms with van der Waals surface area (Å²) in [6.07, 6.45) is 0. The molecule has 28 heavy (non-hydrogen) atoms. The van der Waals surface area contributed by atoms with Gasteiger partial charge in [0.25, 0.3) is 11.8 Å². The van der Waals surface area contributed by atoms with Crippen LogP contribution in [0.15, 0.2) is 47.4 Å². The van der Waals surface area contributed by atoms with Crippen molar-refractivity contribution in [1.29, 1.82) is 0 Å². The molecule has 0 N–H and O–H groups in total. The first-order valence-corrected chi connectivity index (χ1v) is 9.79. The second kappa shape index (κ2) is 7.17. The summed E-state index contributed by atoms with van der Waals surface area (Å²) in [5.74, 6) is -2.59. The molecule has 2 amide bonds. The number of carbonyl (C=O) groups is 3. The maximum Gasteiger partial charge on any atom is 0.348 e. The number of benzene rings is 2. The summed E-state index contributed by atoms with van der Waals surface area (Å²) in [5, 5.41) is 0.351. The van der Waals surface area contributed by atoms with E-state index in [9.17, 15) is 22.8 Å². The number of hydrogen-bond donors (Lipinski definition) is 0. The van der Waals surface area contributed by atoms with E-state index < -0.39 is 34.4 Å². The number of fused-ring (bicyclic) bond motifs is 1. The van der Waals surface area contributed by atoms with Crippen LogP contribution in [0.2, 0.25) is 0 Å². The van der Waals surface area contributed by atoms with Crippen molar-refractivity contribution in [3.63, 3.8) is 0 Å². The lowest BCUT2D eigenvalue weighted by Gasteiger charge is -2.18. The molecular weight excluding hydrogens is 384 g/mol. The van der Waals surface area contributed by atoms with E-state index in [1.807, 2.05) is 6.92 Å². The number of carbonyl (C=O) groups excluding carboxylic acids is 3. The van der Waals surface area contributed by atoms with Gasteiger partial charge in [-0.25, -0.2) is 13.2 Å². The third-order valence-corrected chi connectivity index (χ3v) is 6.29. The van der Waals surface area contributed by atoms with E-state index in [1.165, 1.54) is 31.3 Å². The second-order valence-corrected chi connectivity index (χ2v) is 8.47. The SMILES string of the molecule is Cc1ccc(S(=O)(=O)N(C)CC(=O)ON2C(=O)c3ccccc3C2=O)cc1C. The zero-order valence-electron chi connectivity index (χ0n) is 15.5. The van der Waals surface area contributed by atoms with Crippen LogP contribution in [0.1, 0.15) is 31.8 Å². The fourth-order valence-electron chi connectivity index (χ4n) is 2.70. The fraction of sp³-hybridized carbons (Fsp3) is 0.211. The van der Waals surface area contributed by atoms with Crippen molar-refractivity contribution in [3.8, 4) is 0 Å². The molecule has 1 aliphatic heterocycles. The Morgan fingerprint density at radius 1 is 1.00 bits per heavy atom. The first-order valence-electron chi connectivity index (χ1n) is 8.35. The predicted molar refractivity (Wildman–Crippen MR) is 98.8 cm³/mol. The van der Waals surface area contributed by atoms with Crippen molar-refractivity contribution >= 4 is 27.8 Å². The van der Waals surface area contributed by atoms with Gasteiger partial charge in [-0.05, 0) is 49.2 Å². The molecule has 0 saturated heterocycles. The molecule has 9 heteroatoms. The van der Waals surface area contributed by atoms with E-state index in [-0.39, 0.29) is 16.0 Å². The molecule has 0 fully saturated rings. The number of likely N-dealkylation sites (N-methyl/N-ethyl adjacent to an activating group) is 1. The van der Waals surface area contributed by atoms with Crippen LogP contribution >= 0.6 is 0 Å². The number of rotatable bonds is 5. The summed E-state index contributed by atoms with van der Waals surface area (Å²) >= 11 is 0. The number of sulfonamides is 1. The molecular formula is C19H18N2O6S. The van der Waals surface area contributed by atoms with Crippen LogP contribution in [-0.4, -0.2) is 49.2 Å². The number of aryl methyl sites for hydroxylation is 2. The lowest BCUT2D eigenvalue weighted by molar-refractivity contribution is -0.168. The number of imide groups is 1. The molecule has 0 unspecified atom stereocenters. The Morgan fingerprint density at radius 2 is 1.57 bits per heavy atom. The van der Waals surface area contributed by atoms with Crippen molar-refractivity contribution in [2.75, 3.05) is 13.6 Å². The predicted octanol–water partition coefficient (Wildman–Crippen LogP) is 1.68.